The largest absolute Gasteiger partial charge is 0.497 e. The molecule has 0 fully saturated rings. The van der Waals surface area contributed by atoms with Gasteiger partial charge in [-0.1, -0.05) is 44.2 Å². The summed E-state index contributed by atoms with van der Waals surface area (Å²) in [5, 5.41) is 9.92. The van der Waals surface area contributed by atoms with E-state index in [9.17, 15) is 14.4 Å². The fraction of sp³-hybridized carbons (Fsp3) is 0.250. The van der Waals surface area contributed by atoms with Gasteiger partial charge in [0.1, 0.15) is 17.5 Å². The van der Waals surface area contributed by atoms with Gasteiger partial charge in [-0.25, -0.2) is 4.68 Å². The van der Waals surface area contributed by atoms with Crippen LogP contribution >= 0.6 is 0 Å². The number of methoxy groups -OCH3 is 1. The molecule has 1 unspecified atom stereocenters. The highest BCUT2D eigenvalue weighted by Gasteiger charge is 2.24. The van der Waals surface area contributed by atoms with E-state index in [0.29, 0.717) is 23.6 Å². The van der Waals surface area contributed by atoms with Crippen molar-refractivity contribution in [2.24, 2.45) is 0 Å². The van der Waals surface area contributed by atoms with E-state index in [1.807, 2.05) is 30.3 Å². The Kier molecular flexibility index (Phi) is 7.38. The van der Waals surface area contributed by atoms with Crippen LogP contribution in [0, 0.1) is 0 Å². The SMILES string of the molecule is CCC(=O)Nc1cc(-c2ccccc2)nn(C(CC)C(=O)Nc2ccc(OC)cc2)c1=O. The monoisotopic (exact) mass is 434 g/mol. The van der Waals surface area contributed by atoms with Crippen molar-refractivity contribution in [2.75, 3.05) is 17.7 Å². The van der Waals surface area contributed by atoms with Gasteiger partial charge in [0.25, 0.3) is 5.56 Å². The molecule has 0 saturated heterocycles. The third kappa shape index (κ3) is 5.21. The number of aromatic nitrogens is 2. The Morgan fingerprint density at radius 1 is 1.03 bits per heavy atom. The zero-order valence-corrected chi connectivity index (χ0v) is 18.3. The van der Waals surface area contributed by atoms with Crippen LogP contribution in [0.25, 0.3) is 11.3 Å². The van der Waals surface area contributed by atoms with Gasteiger partial charge in [0.05, 0.1) is 12.8 Å². The Morgan fingerprint density at radius 3 is 2.31 bits per heavy atom. The number of hydrogen-bond donors (Lipinski definition) is 2. The molecule has 0 bridgehead atoms. The van der Waals surface area contributed by atoms with Gasteiger partial charge in [-0.2, -0.15) is 5.10 Å². The molecule has 1 heterocycles. The van der Waals surface area contributed by atoms with Crippen LogP contribution < -0.4 is 20.9 Å². The Bertz CT molecular complexity index is 1140. The maximum Gasteiger partial charge on any atom is 0.291 e. The van der Waals surface area contributed by atoms with Crippen LogP contribution in [0.5, 0.6) is 5.75 Å². The molecule has 8 heteroatoms. The number of carbonyl (C=O) groups is 2. The molecule has 8 nitrogen and oxygen atoms in total. The van der Waals surface area contributed by atoms with Gasteiger partial charge in [0, 0.05) is 17.7 Å². The molecule has 0 aliphatic rings. The van der Waals surface area contributed by atoms with Gasteiger partial charge in [-0.15, -0.1) is 0 Å². The standard InChI is InChI=1S/C24H26N4O4/c1-4-21(23(30)25-17-11-13-18(32-3)14-12-17)28-24(31)20(26-22(29)5-2)15-19(27-28)16-9-7-6-8-10-16/h6-15,21H,4-5H2,1-3H3,(H,25,30)(H,26,29). The van der Waals surface area contributed by atoms with E-state index < -0.39 is 11.6 Å². The number of anilines is 2. The normalized spacial score (nSPS) is 11.5. The first-order chi connectivity index (χ1) is 15.5. The smallest absolute Gasteiger partial charge is 0.291 e. The average Bonchev–Trinajstić information content (AvgIpc) is 2.82. The molecule has 1 aromatic heterocycles. The van der Waals surface area contributed by atoms with Crippen molar-refractivity contribution in [3.8, 4) is 17.0 Å². The van der Waals surface area contributed by atoms with Gasteiger partial charge < -0.3 is 15.4 Å². The fourth-order valence-corrected chi connectivity index (χ4v) is 3.17. The quantitative estimate of drug-likeness (QED) is 0.561. The zero-order chi connectivity index (χ0) is 23.1. The highest BCUT2D eigenvalue weighted by molar-refractivity contribution is 5.94. The van der Waals surface area contributed by atoms with E-state index in [4.69, 9.17) is 4.74 Å². The summed E-state index contributed by atoms with van der Waals surface area (Å²) in [6.07, 6.45) is 0.548. The van der Waals surface area contributed by atoms with E-state index in [-0.39, 0.29) is 23.9 Å². The first kappa shape index (κ1) is 22.7. The molecule has 32 heavy (non-hydrogen) atoms. The van der Waals surface area contributed by atoms with Crippen LogP contribution in [-0.2, 0) is 9.59 Å². The van der Waals surface area contributed by atoms with Crippen molar-refractivity contribution in [1.29, 1.82) is 0 Å². The highest BCUT2D eigenvalue weighted by Crippen LogP contribution is 2.21. The van der Waals surface area contributed by atoms with Crippen molar-refractivity contribution in [2.45, 2.75) is 32.7 Å². The van der Waals surface area contributed by atoms with E-state index in [0.717, 1.165) is 10.2 Å². The number of carbonyl (C=O) groups excluding carboxylic acids is 2. The number of nitrogens with one attached hydrogen (secondary N) is 2. The summed E-state index contributed by atoms with van der Waals surface area (Å²) < 4.78 is 6.28. The van der Waals surface area contributed by atoms with Crippen LogP contribution in [0.15, 0.2) is 65.5 Å². The second-order valence-electron chi connectivity index (χ2n) is 7.10. The molecule has 0 radical (unpaired) electrons. The lowest BCUT2D eigenvalue weighted by Gasteiger charge is -2.19. The molecule has 0 aliphatic heterocycles. The molecule has 2 aromatic carbocycles. The molecule has 0 saturated carbocycles. The fourth-order valence-electron chi connectivity index (χ4n) is 3.17. The van der Waals surface area contributed by atoms with E-state index in [1.165, 1.54) is 6.07 Å². The second-order valence-corrected chi connectivity index (χ2v) is 7.10. The first-order valence-corrected chi connectivity index (χ1v) is 10.4. The predicted octanol–water partition coefficient (Wildman–Crippen LogP) is 3.86. The number of benzene rings is 2. The van der Waals surface area contributed by atoms with E-state index in [1.54, 1.807) is 45.2 Å². The number of hydrogen-bond acceptors (Lipinski definition) is 5. The maximum absolute atomic E-state index is 13.1. The van der Waals surface area contributed by atoms with Gasteiger partial charge in [0.15, 0.2) is 0 Å². The summed E-state index contributed by atoms with van der Waals surface area (Å²) in [5.74, 6) is -0.0142. The van der Waals surface area contributed by atoms with Crippen molar-refractivity contribution in [3.63, 3.8) is 0 Å². The molecule has 1 atom stereocenters. The summed E-state index contributed by atoms with van der Waals surface area (Å²) in [5.41, 5.74) is 1.36. The minimum Gasteiger partial charge on any atom is -0.497 e. The van der Waals surface area contributed by atoms with Gasteiger partial charge in [-0.3, -0.25) is 14.4 Å². The van der Waals surface area contributed by atoms with E-state index >= 15 is 0 Å². The molecule has 2 amide bonds. The Labute approximate surface area is 186 Å². The lowest BCUT2D eigenvalue weighted by Crippen LogP contribution is -2.36. The summed E-state index contributed by atoms with van der Waals surface area (Å²) in [7, 11) is 1.56. The summed E-state index contributed by atoms with van der Waals surface area (Å²) >= 11 is 0. The van der Waals surface area contributed by atoms with Crippen LogP contribution in [0.2, 0.25) is 0 Å². The predicted molar refractivity (Wildman–Crippen MR) is 124 cm³/mol. The van der Waals surface area contributed by atoms with Gasteiger partial charge in [-0.05, 0) is 36.8 Å². The van der Waals surface area contributed by atoms with Crippen LogP contribution in [0.4, 0.5) is 11.4 Å². The van der Waals surface area contributed by atoms with Gasteiger partial charge in [0.2, 0.25) is 11.8 Å². The number of nitrogens with zero attached hydrogens (tertiary/aromatic N) is 2. The Balaban J connectivity index is 2.01. The van der Waals surface area contributed by atoms with E-state index in [2.05, 4.69) is 15.7 Å². The number of ether oxygens (including phenoxy) is 1. The van der Waals surface area contributed by atoms with Crippen molar-refractivity contribution in [3.05, 3.63) is 71.0 Å². The van der Waals surface area contributed by atoms with Crippen LogP contribution in [-0.4, -0.2) is 28.7 Å². The lowest BCUT2D eigenvalue weighted by molar-refractivity contribution is -0.119. The van der Waals surface area contributed by atoms with Crippen molar-refractivity contribution < 1.29 is 14.3 Å². The highest BCUT2D eigenvalue weighted by atomic mass is 16.5. The molecule has 0 aliphatic carbocycles. The average molecular weight is 434 g/mol. The third-order valence-electron chi connectivity index (χ3n) is 4.94. The van der Waals surface area contributed by atoms with Crippen molar-refractivity contribution in [1.82, 2.24) is 9.78 Å². The minimum absolute atomic E-state index is 0.0846. The lowest BCUT2D eigenvalue weighted by atomic mass is 10.1. The van der Waals surface area contributed by atoms with Gasteiger partial charge >= 0.3 is 0 Å². The molecular formula is C24H26N4O4. The Hall–Kier alpha value is -3.94. The summed E-state index contributed by atoms with van der Waals surface area (Å²) in [6, 6.07) is 16.8. The summed E-state index contributed by atoms with van der Waals surface area (Å²) in [6.45, 7) is 3.50. The first-order valence-electron chi connectivity index (χ1n) is 10.4. The minimum atomic E-state index is -0.870. The number of rotatable bonds is 8. The van der Waals surface area contributed by atoms with Crippen LogP contribution in [0.3, 0.4) is 0 Å². The molecule has 2 N–H and O–H groups in total. The summed E-state index contributed by atoms with van der Waals surface area (Å²) in [4.78, 5) is 38.2. The molecule has 3 rings (SSSR count). The van der Waals surface area contributed by atoms with Crippen molar-refractivity contribution >= 4 is 23.2 Å². The molecule has 0 spiro atoms. The zero-order valence-electron chi connectivity index (χ0n) is 18.3. The Morgan fingerprint density at radius 2 is 1.72 bits per heavy atom. The third-order valence-corrected chi connectivity index (χ3v) is 4.94. The maximum atomic E-state index is 13.1. The van der Waals surface area contributed by atoms with Crippen LogP contribution in [0.1, 0.15) is 32.7 Å². The molecular weight excluding hydrogens is 408 g/mol. The second kappa shape index (κ2) is 10.4. The number of amides is 2. The molecule has 3 aromatic rings. The topological polar surface area (TPSA) is 102 Å². The molecule has 166 valence electrons.